The lowest BCUT2D eigenvalue weighted by Gasteiger charge is -2.25. The standard InChI is InChI=1S/C25H28ClN3O3S/c1-5-29(6-2)20-11-12-21(33(31,32)22-14-15(3)19(27)13-16(22)4)23(24(20)28)25(30)17-7-9-18(26)10-8-17/h7-14H,5-6,27-28H2,1-4H3. The van der Waals surface area contributed by atoms with E-state index in [-0.39, 0.29) is 21.0 Å². The van der Waals surface area contributed by atoms with Crippen LogP contribution >= 0.6 is 11.6 Å². The zero-order valence-corrected chi connectivity index (χ0v) is 20.7. The molecule has 0 saturated heterocycles. The fraction of sp³-hybridized carbons (Fsp3) is 0.240. The van der Waals surface area contributed by atoms with Crippen molar-refractivity contribution in [2.45, 2.75) is 37.5 Å². The lowest BCUT2D eigenvalue weighted by molar-refractivity contribution is 0.103. The SMILES string of the molecule is CCN(CC)c1ccc(S(=O)(=O)c2cc(C)c(N)cc2C)c(C(=O)c2ccc(Cl)cc2)c1N. The van der Waals surface area contributed by atoms with Crippen LogP contribution in [0.4, 0.5) is 17.1 Å². The Kier molecular flexibility index (Phi) is 7.05. The van der Waals surface area contributed by atoms with E-state index in [0.29, 0.717) is 46.2 Å². The quantitative estimate of drug-likeness (QED) is 0.359. The lowest BCUT2D eigenvalue weighted by Crippen LogP contribution is -2.25. The first-order chi connectivity index (χ1) is 15.5. The smallest absolute Gasteiger partial charge is 0.207 e. The van der Waals surface area contributed by atoms with Gasteiger partial charge in [-0.25, -0.2) is 8.42 Å². The molecule has 33 heavy (non-hydrogen) atoms. The molecule has 0 aliphatic heterocycles. The minimum atomic E-state index is -4.08. The molecule has 0 radical (unpaired) electrons. The van der Waals surface area contributed by atoms with Gasteiger partial charge in [-0.1, -0.05) is 11.6 Å². The molecule has 0 unspecified atom stereocenters. The normalized spacial score (nSPS) is 11.4. The molecular formula is C25H28ClN3O3S. The van der Waals surface area contributed by atoms with Gasteiger partial charge >= 0.3 is 0 Å². The maximum Gasteiger partial charge on any atom is 0.207 e. The number of halogens is 1. The molecule has 3 aromatic rings. The predicted octanol–water partition coefficient (Wildman–Crippen LogP) is 5.03. The van der Waals surface area contributed by atoms with Crippen LogP contribution in [0.1, 0.15) is 40.9 Å². The molecule has 4 N–H and O–H groups in total. The fourth-order valence-corrected chi connectivity index (χ4v) is 5.75. The molecule has 0 bridgehead atoms. The molecule has 0 aliphatic rings. The van der Waals surface area contributed by atoms with Gasteiger partial charge < -0.3 is 16.4 Å². The van der Waals surface area contributed by atoms with Crippen molar-refractivity contribution < 1.29 is 13.2 Å². The molecule has 6 nitrogen and oxygen atoms in total. The van der Waals surface area contributed by atoms with Crippen LogP contribution in [0.2, 0.25) is 5.02 Å². The average Bonchev–Trinajstić information content (AvgIpc) is 2.77. The van der Waals surface area contributed by atoms with E-state index in [1.54, 1.807) is 50.2 Å². The number of ketones is 1. The maximum absolute atomic E-state index is 13.8. The Morgan fingerprint density at radius 1 is 0.909 bits per heavy atom. The third kappa shape index (κ3) is 4.56. The van der Waals surface area contributed by atoms with Gasteiger partial charge in [-0.2, -0.15) is 0 Å². The first-order valence-electron chi connectivity index (χ1n) is 10.6. The highest BCUT2D eigenvalue weighted by molar-refractivity contribution is 7.91. The van der Waals surface area contributed by atoms with Crippen molar-refractivity contribution in [1.82, 2.24) is 0 Å². The first-order valence-corrected chi connectivity index (χ1v) is 12.5. The van der Waals surface area contributed by atoms with Gasteiger partial charge in [0.15, 0.2) is 5.78 Å². The molecule has 0 aromatic heterocycles. The molecule has 3 aromatic carbocycles. The first kappa shape index (κ1) is 24.6. The zero-order valence-electron chi connectivity index (χ0n) is 19.1. The molecule has 0 atom stereocenters. The number of carbonyl (C=O) groups excluding carboxylic acids is 1. The molecular weight excluding hydrogens is 458 g/mol. The van der Waals surface area contributed by atoms with Crippen molar-refractivity contribution in [3.05, 3.63) is 75.8 Å². The van der Waals surface area contributed by atoms with Gasteiger partial charge in [-0.15, -0.1) is 0 Å². The average molecular weight is 486 g/mol. The number of nitrogens with two attached hydrogens (primary N) is 2. The number of nitrogen functional groups attached to an aromatic ring is 2. The van der Waals surface area contributed by atoms with Crippen LogP contribution in [0, 0.1) is 13.8 Å². The monoisotopic (exact) mass is 485 g/mol. The number of anilines is 3. The van der Waals surface area contributed by atoms with Crippen molar-refractivity contribution in [2.24, 2.45) is 0 Å². The summed E-state index contributed by atoms with van der Waals surface area (Å²) < 4.78 is 27.6. The molecule has 0 saturated carbocycles. The topological polar surface area (TPSA) is 106 Å². The number of nitrogens with zero attached hydrogens (tertiary/aromatic N) is 1. The van der Waals surface area contributed by atoms with Crippen LogP contribution in [0.25, 0.3) is 0 Å². The van der Waals surface area contributed by atoms with Crippen LogP contribution < -0.4 is 16.4 Å². The predicted molar refractivity (Wildman–Crippen MR) is 135 cm³/mol. The number of benzene rings is 3. The molecule has 3 rings (SSSR count). The minimum Gasteiger partial charge on any atom is -0.399 e. The molecule has 0 amide bonds. The van der Waals surface area contributed by atoms with Crippen molar-refractivity contribution in [2.75, 3.05) is 29.5 Å². The van der Waals surface area contributed by atoms with Crippen molar-refractivity contribution in [3.8, 4) is 0 Å². The molecule has 0 heterocycles. The van der Waals surface area contributed by atoms with E-state index in [1.165, 1.54) is 12.1 Å². The summed E-state index contributed by atoms with van der Waals surface area (Å²) in [5.41, 5.74) is 15.1. The Morgan fingerprint density at radius 3 is 2.09 bits per heavy atom. The molecule has 8 heteroatoms. The summed E-state index contributed by atoms with van der Waals surface area (Å²) in [7, 11) is -4.08. The maximum atomic E-state index is 13.8. The highest BCUT2D eigenvalue weighted by Crippen LogP contribution is 2.37. The van der Waals surface area contributed by atoms with Crippen LogP contribution in [0.5, 0.6) is 0 Å². The number of aryl methyl sites for hydroxylation is 2. The summed E-state index contributed by atoms with van der Waals surface area (Å²) in [5, 5.41) is 0.470. The van der Waals surface area contributed by atoms with Crippen LogP contribution in [0.15, 0.2) is 58.3 Å². The van der Waals surface area contributed by atoms with E-state index in [9.17, 15) is 13.2 Å². The number of sulfone groups is 1. The summed E-state index contributed by atoms with van der Waals surface area (Å²) in [4.78, 5) is 15.5. The van der Waals surface area contributed by atoms with E-state index in [0.717, 1.165) is 0 Å². The fourth-order valence-electron chi connectivity index (χ4n) is 3.85. The van der Waals surface area contributed by atoms with Gasteiger partial charge in [0, 0.05) is 29.4 Å². The Morgan fingerprint density at radius 2 is 1.52 bits per heavy atom. The summed E-state index contributed by atoms with van der Waals surface area (Å²) in [6.07, 6.45) is 0. The minimum absolute atomic E-state index is 0.0457. The van der Waals surface area contributed by atoms with E-state index >= 15 is 0 Å². The molecule has 0 spiro atoms. The number of rotatable bonds is 7. The molecule has 0 aliphatic carbocycles. The van der Waals surface area contributed by atoms with Gasteiger partial charge in [0.25, 0.3) is 0 Å². The van der Waals surface area contributed by atoms with Gasteiger partial charge in [0.2, 0.25) is 9.84 Å². The van der Waals surface area contributed by atoms with E-state index in [1.807, 2.05) is 18.7 Å². The summed E-state index contributed by atoms with van der Waals surface area (Å²) in [6, 6.07) is 12.6. The Balaban J connectivity index is 2.34. The highest BCUT2D eigenvalue weighted by atomic mass is 35.5. The second-order valence-electron chi connectivity index (χ2n) is 7.86. The Hall–Kier alpha value is -3.03. The highest BCUT2D eigenvalue weighted by Gasteiger charge is 2.30. The van der Waals surface area contributed by atoms with Gasteiger partial charge in [0.05, 0.1) is 26.7 Å². The zero-order chi connectivity index (χ0) is 24.5. The largest absolute Gasteiger partial charge is 0.399 e. The molecule has 174 valence electrons. The van der Waals surface area contributed by atoms with E-state index in [2.05, 4.69) is 0 Å². The van der Waals surface area contributed by atoms with Crippen LogP contribution in [0.3, 0.4) is 0 Å². The third-order valence-electron chi connectivity index (χ3n) is 5.76. The van der Waals surface area contributed by atoms with E-state index < -0.39 is 15.6 Å². The van der Waals surface area contributed by atoms with Crippen LogP contribution in [-0.2, 0) is 9.84 Å². The second kappa shape index (κ2) is 9.45. The number of hydrogen-bond donors (Lipinski definition) is 2. The summed E-state index contributed by atoms with van der Waals surface area (Å²) in [6.45, 7) is 8.65. The van der Waals surface area contributed by atoms with Gasteiger partial charge in [0.1, 0.15) is 0 Å². The van der Waals surface area contributed by atoms with Crippen molar-refractivity contribution >= 4 is 44.3 Å². The Labute approximate surface area is 200 Å². The van der Waals surface area contributed by atoms with Crippen molar-refractivity contribution in [3.63, 3.8) is 0 Å². The molecule has 0 fully saturated rings. The third-order valence-corrected chi connectivity index (χ3v) is 7.95. The second-order valence-corrected chi connectivity index (χ2v) is 10.2. The van der Waals surface area contributed by atoms with Gasteiger partial charge in [-0.3, -0.25) is 4.79 Å². The Bertz CT molecular complexity index is 1320. The van der Waals surface area contributed by atoms with Crippen LogP contribution in [-0.4, -0.2) is 27.3 Å². The number of hydrogen-bond acceptors (Lipinski definition) is 6. The van der Waals surface area contributed by atoms with Crippen molar-refractivity contribution in [1.29, 1.82) is 0 Å². The lowest BCUT2D eigenvalue weighted by atomic mass is 10.0. The van der Waals surface area contributed by atoms with Gasteiger partial charge in [-0.05, 0) is 87.4 Å². The van der Waals surface area contributed by atoms with E-state index in [4.69, 9.17) is 23.1 Å². The summed E-state index contributed by atoms with van der Waals surface area (Å²) in [5.74, 6) is -0.485. The summed E-state index contributed by atoms with van der Waals surface area (Å²) >= 11 is 5.98. The number of carbonyl (C=O) groups is 1.